The molecule has 4 nitrogen and oxygen atoms in total. The molecule has 0 bridgehead atoms. The van der Waals surface area contributed by atoms with Gasteiger partial charge in [0.2, 0.25) is 10.0 Å². The van der Waals surface area contributed by atoms with E-state index in [9.17, 15) is 8.42 Å². The lowest BCUT2D eigenvalue weighted by molar-refractivity contribution is 0.247. The zero-order valence-electron chi connectivity index (χ0n) is 11.5. The zero-order valence-corrected chi connectivity index (χ0v) is 13.1. The highest BCUT2D eigenvalue weighted by atomic mass is 32.2. The van der Waals surface area contributed by atoms with E-state index < -0.39 is 10.0 Å². The lowest BCUT2D eigenvalue weighted by Crippen LogP contribution is -2.40. The number of hydrogen-bond donors (Lipinski definition) is 1. The van der Waals surface area contributed by atoms with Gasteiger partial charge in [0.1, 0.15) is 0 Å². The smallest absolute Gasteiger partial charge is 0.211 e. The second-order valence-electron chi connectivity index (χ2n) is 5.42. The lowest BCUT2D eigenvalue weighted by Gasteiger charge is -2.32. The minimum Gasteiger partial charge on any atom is -0.323 e. The Hall–Kier alpha value is -0.430. The van der Waals surface area contributed by atoms with Gasteiger partial charge in [0.15, 0.2) is 0 Å². The van der Waals surface area contributed by atoms with Gasteiger partial charge in [-0.1, -0.05) is 0 Å². The van der Waals surface area contributed by atoms with E-state index in [0.717, 1.165) is 19.3 Å². The predicted molar refractivity (Wildman–Crippen MR) is 79.7 cm³/mol. The normalized spacial score (nSPS) is 23.4. The van der Waals surface area contributed by atoms with Gasteiger partial charge in [-0.15, -0.1) is 11.3 Å². The van der Waals surface area contributed by atoms with E-state index in [1.807, 2.05) is 0 Å². The van der Waals surface area contributed by atoms with Gasteiger partial charge in [0.25, 0.3) is 0 Å². The minimum atomic E-state index is -3.06. The molecule has 0 aliphatic carbocycles. The van der Waals surface area contributed by atoms with E-state index in [-0.39, 0.29) is 6.04 Å². The van der Waals surface area contributed by atoms with Crippen LogP contribution in [-0.2, 0) is 10.0 Å². The first kappa shape index (κ1) is 15.0. The predicted octanol–water partition coefficient (Wildman–Crippen LogP) is 2.12. The van der Waals surface area contributed by atoms with Crippen LogP contribution in [0.3, 0.4) is 0 Å². The molecule has 0 amide bonds. The Labute approximate surface area is 119 Å². The van der Waals surface area contributed by atoms with Crippen molar-refractivity contribution in [2.45, 2.75) is 32.2 Å². The average Bonchev–Trinajstić information content (AvgIpc) is 2.75. The van der Waals surface area contributed by atoms with Gasteiger partial charge in [-0.2, -0.15) is 0 Å². The molecule has 1 fully saturated rings. The standard InChI is InChI=1S/C13H22N2O2S2/c1-10-5-6-13(18-10)12(14)8-11-4-3-7-15(9-11)19(2,16)17/h5-6,11-12H,3-4,7-9,14H2,1-2H3. The number of hydrogen-bond acceptors (Lipinski definition) is 4. The van der Waals surface area contributed by atoms with Gasteiger partial charge in [-0.05, 0) is 44.2 Å². The molecular formula is C13H22N2O2S2. The molecule has 2 heterocycles. The Kier molecular flexibility index (Phi) is 4.66. The van der Waals surface area contributed by atoms with Crippen LogP contribution in [0.15, 0.2) is 12.1 Å². The topological polar surface area (TPSA) is 63.4 Å². The maximum Gasteiger partial charge on any atom is 0.211 e. The molecule has 1 aliphatic rings. The summed E-state index contributed by atoms with van der Waals surface area (Å²) in [6.45, 7) is 3.35. The zero-order chi connectivity index (χ0) is 14.0. The number of rotatable bonds is 4. The molecule has 0 aromatic carbocycles. The summed E-state index contributed by atoms with van der Waals surface area (Å²) < 4.78 is 24.8. The van der Waals surface area contributed by atoms with Gasteiger partial charge in [0, 0.05) is 28.9 Å². The van der Waals surface area contributed by atoms with Crippen molar-refractivity contribution in [1.82, 2.24) is 4.31 Å². The Morgan fingerprint density at radius 2 is 2.26 bits per heavy atom. The molecule has 1 aromatic heterocycles. The molecule has 0 saturated carbocycles. The summed E-state index contributed by atoms with van der Waals surface area (Å²) in [6.07, 6.45) is 4.17. The van der Waals surface area contributed by atoms with Gasteiger partial charge >= 0.3 is 0 Å². The summed E-state index contributed by atoms with van der Waals surface area (Å²) in [6, 6.07) is 4.20. The van der Waals surface area contributed by atoms with Gasteiger partial charge < -0.3 is 5.73 Å². The molecule has 1 saturated heterocycles. The fourth-order valence-corrected chi connectivity index (χ4v) is 4.48. The lowest BCUT2D eigenvalue weighted by atomic mass is 9.92. The maximum atomic E-state index is 11.6. The average molecular weight is 302 g/mol. The molecule has 0 spiro atoms. The van der Waals surface area contributed by atoms with E-state index >= 15 is 0 Å². The van der Waals surface area contributed by atoms with Crippen molar-refractivity contribution in [3.05, 3.63) is 21.9 Å². The SMILES string of the molecule is Cc1ccc(C(N)CC2CCCN(S(C)(=O)=O)C2)s1. The van der Waals surface area contributed by atoms with E-state index in [0.29, 0.717) is 19.0 Å². The van der Waals surface area contributed by atoms with Crippen LogP contribution in [0.2, 0.25) is 0 Å². The van der Waals surface area contributed by atoms with E-state index in [4.69, 9.17) is 5.73 Å². The van der Waals surface area contributed by atoms with Crippen LogP contribution in [0.5, 0.6) is 0 Å². The third kappa shape index (κ3) is 4.02. The molecule has 1 aromatic rings. The Bertz CT molecular complexity index is 525. The molecule has 19 heavy (non-hydrogen) atoms. The Balaban J connectivity index is 1.95. The molecule has 108 valence electrons. The van der Waals surface area contributed by atoms with Crippen molar-refractivity contribution in [1.29, 1.82) is 0 Å². The molecule has 2 rings (SSSR count). The first-order chi connectivity index (χ1) is 8.86. The number of nitrogens with zero attached hydrogens (tertiary/aromatic N) is 1. The number of sulfonamides is 1. The summed E-state index contributed by atoms with van der Waals surface area (Å²) in [4.78, 5) is 2.47. The number of piperidine rings is 1. The van der Waals surface area contributed by atoms with E-state index in [1.54, 1.807) is 15.6 Å². The van der Waals surface area contributed by atoms with Gasteiger partial charge in [-0.25, -0.2) is 12.7 Å². The first-order valence-corrected chi connectivity index (χ1v) is 9.30. The molecule has 0 radical (unpaired) electrons. The highest BCUT2D eigenvalue weighted by molar-refractivity contribution is 7.88. The third-order valence-electron chi connectivity index (χ3n) is 3.66. The van der Waals surface area contributed by atoms with Crippen molar-refractivity contribution >= 4 is 21.4 Å². The molecule has 2 N–H and O–H groups in total. The second-order valence-corrected chi connectivity index (χ2v) is 8.72. The largest absolute Gasteiger partial charge is 0.323 e. The van der Waals surface area contributed by atoms with Crippen molar-refractivity contribution in [2.75, 3.05) is 19.3 Å². The fourth-order valence-electron chi connectivity index (χ4n) is 2.65. The van der Waals surface area contributed by atoms with Crippen LogP contribution >= 0.6 is 11.3 Å². The molecule has 6 heteroatoms. The Morgan fingerprint density at radius 3 is 2.84 bits per heavy atom. The second kappa shape index (κ2) is 5.91. The third-order valence-corrected chi connectivity index (χ3v) is 6.07. The summed E-state index contributed by atoms with van der Waals surface area (Å²) in [5.74, 6) is 0.376. The summed E-state index contributed by atoms with van der Waals surface area (Å²) >= 11 is 1.73. The number of nitrogens with two attached hydrogens (primary N) is 1. The van der Waals surface area contributed by atoms with Crippen LogP contribution in [0.1, 0.15) is 35.1 Å². The summed E-state index contributed by atoms with van der Waals surface area (Å²) in [7, 11) is -3.06. The number of thiophene rings is 1. The maximum absolute atomic E-state index is 11.6. The molecule has 2 atom stereocenters. The van der Waals surface area contributed by atoms with Crippen LogP contribution in [0.25, 0.3) is 0 Å². The Morgan fingerprint density at radius 1 is 1.53 bits per heavy atom. The van der Waals surface area contributed by atoms with E-state index in [1.165, 1.54) is 16.0 Å². The van der Waals surface area contributed by atoms with Crippen molar-refractivity contribution in [3.8, 4) is 0 Å². The van der Waals surface area contributed by atoms with Crippen molar-refractivity contribution in [3.63, 3.8) is 0 Å². The quantitative estimate of drug-likeness (QED) is 0.926. The van der Waals surface area contributed by atoms with Gasteiger partial charge in [0.05, 0.1) is 6.26 Å². The monoisotopic (exact) mass is 302 g/mol. The van der Waals surface area contributed by atoms with Crippen LogP contribution in [-0.4, -0.2) is 32.1 Å². The van der Waals surface area contributed by atoms with Crippen LogP contribution < -0.4 is 5.73 Å². The van der Waals surface area contributed by atoms with Gasteiger partial charge in [-0.3, -0.25) is 0 Å². The minimum absolute atomic E-state index is 0.0308. The van der Waals surface area contributed by atoms with Crippen LogP contribution in [0.4, 0.5) is 0 Å². The van der Waals surface area contributed by atoms with Crippen LogP contribution in [0, 0.1) is 12.8 Å². The molecule has 2 unspecified atom stereocenters. The number of aryl methyl sites for hydroxylation is 1. The fraction of sp³-hybridized carbons (Fsp3) is 0.692. The van der Waals surface area contributed by atoms with E-state index in [2.05, 4.69) is 19.1 Å². The van der Waals surface area contributed by atoms with Crippen molar-refractivity contribution in [2.24, 2.45) is 11.7 Å². The van der Waals surface area contributed by atoms with Crippen molar-refractivity contribution < 1.29 is 8.42 Å². The summed E-state index contributed by atoms with van der Waals surface area (Å²) in [5, 5.41) is 0. The molecule has 1 aliphatic heterocycles. The summed E-state index contributed by atoms with van der Waals surface area (Å²) in [5.41, 5.74) is 6.24. The highest BCUT2D eigenvalue weighted by Crippen LogP contribution is 2.30. The highest BCUT2D eigenvalue weighted by Gasteiger charge is 2.27. The molecular weight excluding hydrogens is 280 g/mol. The first-order valence-electron chi connectivity index (χ1n) is 6.63.